The van der Waals surface area contributed by atoms with E-state index < -0.39 is 4.92 Å². The zero-order chi connectivity index (χ0) is 12.8. The van der Waals surface area contributed by atoms with Crippen LogP contribution in [-0.2, 0) is 6.42 Å². The molecule has 17 heavy (non-hydrogen) atoms. The van der Waals surface area contributed by atoms with Crippen LogP contribution < -0.4 is 9.47 Å². The lowest BCUT2D eigenvalue weighted by Crippen LogP contribution is -2.06. The molecule has 92 valence electrons. The van der Waals surface area contributed by atoms with Gasteiger partial charge in [-0.15, -0.1) is 5.16 Å². The van der Waals surface area contributed by atoms with Crippen molar-refractivity contribution in [2.45, 2.75) is 6.42 Å². The maximum atomic E-state index is 10.9. The average Bonchev–Trinajstić information content (AvgIpc) is 2.34. The van der Waals surface area contributed by atoms with Crippen LogP contribution in [0.3, 0.4) is 0 Å². The van der Waals surface area contributed by atoms with Crippen LogP contribution >= 0.6 is 0 Å². The average molecular weight is 242 g/mol. The third-order valence-electron chi connectivity index (χ3n) is 1.83. The van der Waals surface area contributed by atoms with Crippen molar-refractivity contribution in [2.75, 3.05) is 14.2 Å². The Hall–Kier alpha value is -2.45. The Labute approximate surface area is 95.9 Å². The van der Waals surface area contributed by atoms with Crippen molar-refractivity contribution in [1.29, 1.82) is 0 Å². The molecular formula is C8H10N4O5. The van der Waals surface area contributed by atoms with Crippen molar-refractivity contribution in [3.63, 3.8) is 0 Å². The van der Waals surface area contributed by atoms with Gasteiger partial charge >= 0.3 is 17.6 Å². The van der Waals surface area contributed by atoms with Gasteiger partial charge in [-0.2, -0.15) is 9.97 Å². The molecule has 0 amide bonds. The lowest BCUT2D eigenvalue weighted by atomic mass is 10.2. The van der Waals surface area contributed by atoms with Gasteiger partial charge in [-0.05, 0) is 0 Å². The van der Waals surface area contributed by atoms with Crippen LogP contribution in [0, 0.1) is 10.1 Å². The summed E-state index contributed by atoms with van der Waals surface area (Å²) in [4.78, 5) is 17.7. The van der Waals surface area contributed by atoms with E-state index in [4.69, 9.17) is 14.7 Å². The Morgan fingerprint density at radius 2 is 2.18 bits per heavy atom. The van der Waals surface area contributed by atoms with Crippen molar-refractivity contribution >= 4 is 11.9 Å². The molecule has 0 unspecified atom stereocenters. The highest BCUT2D eigenvalue weighted by atomic mass is 16.6. The number of ether oxygens (including phenoxy) is 2. The molecule has 9 nitrogen and oxygen atoms in total. The minimum atomic E-state index is -0.668. The van der Waals surface area contributed by atoms with Crippen molar-refractivity contribution in [2.24, 2.45) is 5.16 Å². The van der Waals surface area contributed by atoms with Gasteiger partial charge in [0.2, 0.25) is 0 Å². The molecule has 0 radical (unpaired) electrons. The molecule has 0 aromatic carbocycles. The summed E-state index contributed by atoms with van der Waals surface area (Å²) in [5.41, 5.74) is -0.343. The van der Waals surface area contributed by atoms with Crippen molar-refractivity contribution < 1.29 is 19.6 Å². The lowest BCUT2D eigenvalue weighted by molar-refractivity contribution is -0.387. The summed E-state index contributed by atoms with van der Waals surface area (Å²) < 4.78 is 9.57. The van der Waals surface area contributed by atoms with Gasteiger partial charge in [-0.1, -0.05) is 0 Å². The van der Waals surface area contributed by atoms with E-state index in [1.54, 1.807) is 0 Å². The minimum Gasteiger partial charge on any atom is -0.476 e. The van der Waals surface area contributed by atoms with Gasteiger partial charge < -0.3 is 14.7 Å². The number of oxime groups is 1. The molecule has 1 rings (SSSR count). The summed E-state index contributed by atoms with van der Waals surface area (Å²) in [6.07, 6.45) is 1.02. The number of hydrogen-bond acceptors (Lipinski definition) is 8. The van der Waals surface area contributed by atoms with Crippen LogP contribution in [0.25, 0.3) is 0 Å². The van der Waals surface area contributed by atoms with Crippen LogP contribution in [-0.4, -0.2) is 40.5 Å². The predicted molar refractivity (Wildman–Crippen MR) is 55.8 cm³/mol. The quantitative estimate of drug-likeness (QED) is 0.343. The number of methoxy groups -OCH3 is 2. The van der Waals surface area contributed by atoms with Crippen molar-refractivity contribution in [3.05, 3.63) is 15.8 Å². The Morgan fingerprint density at radius 1 is 1.47 bits per heavy atom. The normalized spacial score (nSPS) is 10.5. The molecule has 1 aromatic rings. The van der Waals surface area contributed by atoms with E-state index in [0.29, 0.717) is 0 Å². The first kappa shape index (κ1) is 12.6. The molecule has 0 spiro atoms. The van der Waals surface area contributed by atoms with Gasteiger partial charge in [0.25, 0.3) is 0 Å². The molecule has 0 aliphatic heterocycles. The van der Waals surface area contributed by atoms with Gasteiger partial charge in [-0.25, -0.2) is 0 Å². The predicted octanol–water partition coefficient (Wildman–Crippen LogP) is 0.404. The first-order valence-corrected chi connectivity index (χ1v) is 4.43. The molecule has 9 heteroatoms. The molecule has 0 fully saturated rings. The fourth-order valence-electron chi connectivity index (χ4n) is 1.14. The second-order valence-corrected chi connectivity index (χ2v) is 2.77. The second kappa shape index (κ2) is 5.58. The van der Waals surface area contributed by atoms with Crippen molar-refractivity contribution in [3.8, 4) is 11.9 Å². The molecule has 0 saturated heterocycles. The molecule has 1 heterocycles. The molecule has 0 saturated carbocycles. The monoisotopic (exact) mass is 242 g/mol. The number of nitrogens with zero attached hydrogens (tertiary/aromatic N) is 4. The van der Waals surface area contributed by atoms with Gasteiger partial charge in [0.15, 0.2) is 0 Å². The van der Waals surface area contributed by atoms with Crippen LogP contribution in [0.2, 0.25) is 0 Å². The van der Waals surface area contributed by atoms with Crippen LogP contribution in [0.15, 0.2) is 5.16 Å². The van der Waals surface area contributed by atoms with E-state index in [9.17, 15) is 10.1 Å². The highest BCUT2D eigenvalue weighted by Crippen LogP contribution is 2.29. The first-order valence-electron chi connectivity index (χ1n) is 4.43. The topological polar surface area (TPSA) is 120 Å². The van der Waals surface area contributed by atoms with Crippen LogP contribution in [0.4, 0.5) is 5.69 Å². The zero-order valence-corrected chi connectivity index (χ0v) is 9.15. The summed E-state index contributed by atoms with van der Waals surface area (Å²) in [7, 11) is 2.57. The fraction of sp³-hybridized carbons (Fsp3) is 0.375. The number of aromatic nitrogens is 2. The molecule has 0 aliphatic rings. The number of hydrogen-bond donors (Lipinski definition) is 1. The second-order valence-electron chi connectivity index (χ2n) is 2.77. The summed E-state index contributed by atoms with van der Waals surface area (Å²) in [5, 5.41) is 21.9. The third kappa shape index (κ3) is 2.77. The minimum absolute atomic E-state index is 0.0384. The zero-order valence-electron chi connectivity index (χ0n) is 9.15. The third-order valence-corrected chi connectivity index (χ3v) is 1.83. The van der Waals surface area contributed by atoms with E-state index >= 15 is 0 Å². The van der Waals surface area contributed by atoms with E-state index in [1.807, 2.05) is 0 Å². The Balaban J connectivity index is 3.34. The molecule has 0 atom stereocenters. The molecule has 1 aromatic heterocycles. The first-order chi connectivity index (χ1) is 8.13. The fourth-order valence-corrected chi connectivity index (χ4v) is 1.14. The van der Waals surface area contributed by atoms with E-state index in [-0.39, 0.29) is 29.7 Å². The summed E-state index contributed by atoms with van der Waals surface area (Å²) >= 11 is 0. The lowest BCUT2D eigenvalue weighted by Gasteiger charge is -2.05. The molecule has 1 N–H and O–H groups in total. The standard InChI is InChI=1S/C8H10N4O5/c1-16-7-6(12(14)15)5(3-4-9-13)10-8(11-7)17-2/h4,13H,3H2,1-2H3/b9-4-. The maximum absolute atomic E-state index is 10.9. The number of nitro groups is 1. The smallest absolute Gasteiger partial charge is 0.352 e. The maximum Gasteiger partial charge on any atom is 0.352 e. The van der Waals surface area contributed by atoms with E-state index in [0.717, 1.165) is 6.21 Å². The van der Waals surface area contributed by atoms with Gasteiger partial charge in [0.1, 0.15) is 5.69 Å². The number of rotatable bonds is 5. The SMILES string of the molecule is COc1nc(C/C=N\O)c([N+](=O)[O-])c(OC)n1. The van der Waals surface area contributed by atoms with Crippen LogP contribution in [0.1, 0.15) is 5.69 Å². The van der Waals surface area contributed by atoms with Gasteiger partial charge in [-0.3, -0.25) is 10.1 Å². The van der Waals surface area contributed by atoms with Crippen molar-refractivity contribution in [1.82, 2.24) is 9.97 Å². The Morgan fingerprint density at radius 3 is 2.65 bits per heavy atom. The largest absolute Gasteiger partial charge is 0.476 e. The molecule has 0 bridgehead atoms. The molecule has 0 aliphatic carbocycles. The Bertz CT molecular complexity index is 448. The van der Waals surface area contributed by atoms with E-state index in [1.165, 1.54) is 14.2 Å². The summed E-state index contributed by atoms with van der Waals surface area (Å²) in [6.45, 7) is 0. The van der Waals surface area contributed by atoms with Gasteiger partial charge in [0, 0.05) is 12.6 Å². The highest BCUT2D eigenvalue weighted by molar-refractivity contribution is 5.63. The van der Waals surface area contributed by atoms with E-state index in [2.05, 4.69) is 15.1 Å². The molecular weight excluding hydrogens is 232 g/mol. The summed E-state index contributed by atoms with van der Waals surface area (Å²) in [6, 6.07) is -0.0613. The Kier molecular flexibility index (Phi) is 4.14. The summed E-state index contributed by atoms with van der Waals surface area (Å²) in [5.74, 6) is -0.205. The highest BCUT2D eigenvalue weighted by Gasteiger charge is 2.25. The van der Waals surface area contributed by atoms with Crippen LogP contribution in [0.5, 0.6) is 11.9 Å². The van der Waals surface area contributed by atoms with Gasteiger partial charge in [0.05, 0.1) is 19.1 Å².